The van der Waals surface area contributed by atoms with E-state index in [1.54, 1.807) is 24.3 Å². The first-order chi connectivity index (χ1) is 8.35. The molecule has 0 saturated carbocycles. The molecule has 5 nitrogen and oxygen atoms in total. The van der Waals surface area contributed by atoms with Crippen molar-refractivity contribution >= 4 is 27.3 Å². The van der Waals surface area contributed by atoms with E-state index < -0.39 is 10.0 Å². The highest BCUT2D eigenvalue weighted by Crippen LogP contribution is 2.26. The van der Waals surface area contributed by atoms with Gasteiger partial charge in [-0.05, 0) is 19.1 Å². The number of hydrogen-bond donors (Lipinski definition) is 2. The van der Waals surface area contributed by atoms with Crippen molar-refractivity contribution in [2.75, 3.05) is 11.0 Å². The number of aromatic nitrogens is 2. The van der Waals surface area contributed by atoms with E-state index >= 15 is 0 Å². The van der Waals surface area contributed by atoms with Crippen LogP contribution in [0.4, 0.5) is 5.69 Å². The fourth-order valence-electron chi connectivity index (χ4n) is 1.56. The van der Waals surface area contributed by atoms with Crippen molar-refractivity contribution in [2.45, 2.75) is 6.92 Å². The molecule has 0 saturated heterocycles. The molecule has 1 aromatic carbocycles. The summed E-state index contributed by atoms with van der Waals surface area (Å²) in [6, 6.07) is 6.84. The average molecular weight is 286 g/mol. The van der Waals surface area contributed by atoms with Gasteiger partial charge in [-0.2, -0.15) is 0 Å². The summed E-state index contributed by atoms with van der Waals surface area (Å²) < 4.78 is 24.5. The summed E-state index contributed by atoms with van der Waals surface area (Å²) >= 11 is 6.00. The Bertz CT molecular complexity index is 662. The molecule has 0 amide bonds. The molecule has 0 spiro atoms. The van der Waals surface area contributed by atoms with Crippen molar-refractivity contribution < 1.29 is 8.42 Å². The molecule has 18 heavy (non-hydrogen) atoms. The van der Waals surface area contributed by atoms with Crippen LogP contribution in [0.15, 0.2) is 24.3 Å². The third kappa shape index (κ3) is 3.02. The van der Waals surface area contributed by atoms with E-state index in [1.165, 1.54) is 0 Å². The number of anilines is 1. The zero-order chi connectivity index (χ0) is 13.3. The molecule has 2 aromatic rings. The molecule has 2 N–H and O–H groups in total. The molecule has 2 rings (SSSR count). The molecule has 0 aliphatic heterocycles. The average Bonchev–Trinajstić information content (AvgIpc) is 2.57. The zero-order valence-corrected chi connectivity index (χ0v) is 11.4. The number of rotatable bonds is 3. The highest BCUT2D eigenvalue weighted by molar-refractivity contribution is 7.92. The molecule has 1 aromatic heterocycles. The Hall–Kier alpha value is -1.53. The lowest BCUT2D eigenvalue weighted by atomic mass is 10.1. The first kappa shape index (κ1) is 12.9. The summed E-state index contributed by atoms with van der Waals surface area (Å²) in [7, 11) is -3.26. The second kappa shape index (κ2) is 4.62. The molecule has 96 valence electrons. The Labute approximate surface area is 110 Å². The first-order valence-electron chi connectivity index (χ1n) is 5.15. The maximum atomic E-state index is 11.1. The lowest BCUT2D eigenvalue weighted by Crippen LogP contribution is -2.09. The van der Waals surface area contributed by atoms with Gasteiger partial charge in [0.05, 0.1) is 6.26 Å². The maximum absolute atomic E-state index is 11.1. The number of nitrogens with one attached hydrogen (secondary N) is 2. The normalized spacial score (nSPS) is 11.5. The number of H-pyrrole nitrogens is 1. The second-order valence-corrected chi connectivity index (χ2v) is 6.06. The highest BCUT2D eigenvalue weighted by Gasteiger charge is 2.09. The Morgan fingerprint density at radius 1 is 1.28 bits per heavy atom. The standard InChI is InChI=1S/C11H12ClN3O2S/c1-7-13-10(11(12)14-7)8-3-5-9(6-4-8)15-18(2,16)17/h3-6,15H,1-2H3,(H,13,14). The minimum absolute atomic E-state index is 0.469. The van der Waals surface area contributed by atoms with Crippen molar-refractivity contribution in [3.63, 3.8) is 0 Å². The van der Waals surface area contributed by atoms with E-state index in [9.17, 15) is 8.42 Å². The van der Waals surface area contributed by atoms with Crippen LogP contribution in [0.25, 0.3) is 11.3 Å². The lowest BCUT2D eigenvalue weighted by molar-refractivity contribution is 0.607. The van der Waals surface area contributed by atoms with Gasteiger partial charge in [0, 0.05) is 11.3 Å². The van der Waals surface area contributed by atoms with E-state index in [4.69, 9.17) is 11.6 Å². The van der Waals surface area contributed by atoms with Gasteiger partial charge < -0.3 is 4.98 Å². The summed E-state index contributed by atoms with van der Waals surface area (Å²) in [4.78, 5) is 7.16. The van der Waals surface area contributed by atoms with Crippen molar-refractivity contribution in [2.24, 2.45) is 0 Å². The van der Waals surface area contributed by atoms with Crippen LogP contribution < -0.4 is 4.72 Å². The van der Waals surface area contributed by atoms with Crippen molar-refractivity contribution in [1.82, 2.24) is 9.97 Å². The van der Waals surface area contributed by atoms with Crippen molar-refractivity contribution in [3.05, 3.63) is 35.2 Å². The van der Waals surface area contributed by atoms with Crippen LogP contribution in [0.5, 0.6) is 0 Å². The molecule has 0 atom stereocenters. The first-order valence-corrected chi connectivity index (χ1v) is 7.42. The van der Waals surface area contributed by atoms with Crippen LogP contribution in [0, 0.1) is 6.92 Å². The highest BCUT2D eigenvalue weighted by atomic mass is 35.5. The molecule has 0 fully saturated rings. The number of aryl methyl sites for hydroxylation is 1. The minimum Gasteiger partial charge on any atom is -0.333 e. The van der Waals surface area contributed by atoms with Crippen LogP contribution in [-0.4, -0.2) is 24.6 Å². The number of sulfonamides is 1. The van der Waals surface area contributed by atoms with Crippen LogP contribution in [-0.2, 0) is 10.0 Å². The molecule has 0 bridgehead atoms. The van der Waals surface area contributed by atoms with Crippen LogP contribution in [0.2, 0.25) is 5.15 Å². The van der Waals surface area contributed by atoms with Gasteiger partial charge in [0.2, 0.25) is 10.0 Å². The SMILES string of the molecule is Cc1nc(-c2ccc(NS(C)(=O)=O)cc2)c(Cl)[nH]1. The van der Waals surface area contributed by atoms with E-state index in [2.05, 4.69) is 14.7 Å². The summed E-state index contributed by atoms with van der Waals surface area (Å²) in [6.07, 6.45) is 1.11. The smallest absolute Gasteiger partial charge is 0.229 e. The summed E-state index contributed by atoms with van der Waals surface area (Å²) in [6.45, 7) is 1.81. The summed E-state index contributed by atoms with van der Waals surface area (Å²) in [5.41, 5.74) is 1.98. The Balaban J connectivity index is 2.30. The quantitative estimate of drug-likeness (QED) is 0.909. The molecule has 1 heterocycles. The Morgan fingerprint density at radius 3 is 2.33 bits per heavy atom. The number of aromatic amines is 1. The number of hydrogen-bond acceptors (Lipinski definition) is 3. The molecular weight excluding hydrogens is 274 g/mol. The molecule has 0 radical (unpaired) electrons. The third-order valence-corrected chi connectivity index (χ3v) is 3.12. The zero-order valence-electron chi connectivity index (χ0n) is 9.86. The predicted molar refractivity (Wildman–Crippen MR) is 72.2 cm³/mol. The fourth-order valence-corrected chi connectivity index (χ4v) is 2.42. The Kier molecular flexibility index (Phi) is 3.32. The van der Waals surface area contributed by atoms with Gasteiger partial charge in [0.1, 0.15) is 16.7 Å². The number of imidazole rings is 1. The van der Waals surface area contributed by atoms with Gasteiger partial charge in [0.25, 0.3) is 0 Å². The maximum Gasteiger partial charge on any atom is 0.229 e. The van der Waals surface area contributed by atoms with Crippen LogP contribution in [0.3, 0.4) is 0 Å². The van der Waals surface area contributed by atoms with Gasteiger partial charge in [0.15, 0.2) is 0 Å². The second-order valence-electron chi connectivity index (χ2n) is 3.94. The van der Waals surface area contributed by atoms with Gasteiger partial charge in [-0.3, -0.25) is 4.72 Å². The van der Waals surface area contributed by atoms with E-state index in [-0.39, 0.29) is 0 Å². The minimum atomic E-state index is -3.26. The molecular formula is C11H12ClN3O2S. The lowest BCUT2D eigenvalue weighted by Gasteiger charge is -2.04. The third-order valence-electron chi connectivity index (χ3n) is 2.24. The predicted octanol–water partition coefficient (Wildman–Crippen LogP) is 2.41. The monoisotopic (exact) mass is 285 g/mol. The van der Waals surface area contributed by atoms with Crippen LogP contribution >= 0.6 is 11.6 Å². The number of nitrogens with zero attached hydrogens (tertiary/aromatic N) is 1. The van der Waals surface area contributed by atoms with Gasteiger partial charge in [-0.15, -0.1) is 0 Å². The molecule has 0 aliphatic rings. The van der Waals surface area contributed by atoms with Gasteiger partial charge in [-0.1, -0.05) is 23.7 Å². The van der Waals surface area contributed by atoms with Crippen LogP contribution in [0.1, 0.15) is 5.82 Å². The van der Waals surface area contributed by atoms with Crippen molar-refractivity contribution in [1.29, 1.82) is 0 Å². The largest absolute Gasteiger partial charge is 0.333 e. The fraction of sp³-hybridized carbons (Fsp3) is 0.182. The summed E-state index contributed by atoms with van der Waals surface area (Å²) in [5, 5.41) is 0.469. The number of halogens is 1. The molecule has 0 unspecified atom stereocenters. The topological polar surface area (TPSA) is 74.8 Å². The van der Waals surface area contributed by atoms with E-state index in [0.29, 0.717) is 16.5 Å². The van der Waals surface area contributed by atoms with Crippen molar-refractivity contribution in [3.8, 4) is 11.3 Å². The number of benzene rings is 1. The van der Waals surface area contributed by atoms with E-state index in [0.717, 1.165) is 17.6 Å². The molecule has 0 aliphatic carbocycles. The Morgan fingerprint density at radius 2 is 1.89 bits per heavy atom. The summed E-state index contributed by atoms with van der Waals surface area (Å²) in [5.74, 6) is 0.730. The molecule has 7 heteroatoms. The van der Waals surface area contributed by atoms with Gasteiger partial charge in [-0.25, -0.2) is 13.4 Å². The van der Waals surface area contributed by atoms with E-state index in [1.807, 2.05) is 6.92 Å². The van der Waals surface area contributed by atoms with Gasteiger partial charge >= 0.3 is 0 Å².